The molecule has 4 aromatic rings. The van der Waals surface area contributed by atoms with E-state index in [4.69, 9.17) is 8.83 Å². The Balaban J connectivity index is 1.64. The molecule has 0 fully saturated rings. The predicted octanol–water partition coefficient (Wildman–Crippen LogP) is 5.46. The highest BCUT2D eigenvalue weighted by atomic mass is 16.4. The topological polar surface area (TPSA) is 72.5 Å². The molecule has 4 rings (SSSR count). The molecule has 1 amide bonds. The Labute approximate surface area is 168 Å². The van der Waals surface area contributed by atoms with E-state index in [9.17, 15) is 9.59 Å². The number of anilines is 1. The summed E-state index contributed by atoms with van der Waals surface area (Å²) in [6.07, 6.45) is 1.63. The number of hydrogen-bond donors (Lipinski definition) is 1. The van der Waals surface area contributed by atoms with Gasteiger partial charge in [0, 0.05) is 22.5 Å². The van der Waals surface area contributed by atoms with E-state index >= 15 is 0 Å². The van der Waals surface area contributed by atoms with Gasteiger partial charge in [-0.3, -0.25) is 4.79 Å². The van der Waals surface area contributed by atoms with Crippen LogP contribution in [0.5, 0.6) is 0 Å². The lowest BCUT2D eigenvalue weighted by Gasteiger charge is -2.10. The number of benzene rings is 2. The van der Waals surface area contributed by atoms with Crippen LogP contribution in [0.3, 0.4) is 0 Å². The maximum absolute atomic E-state index is 12.6. The summed E-state index contributed by atoms with van der Waals surface area (Å²) in [6, 6.07) is 11.4. The summed E-state index contributed by atoms with van der Waals surface area (Å²) < 4.78 is 11.0. The van der Waals surface area contributed by atoms with Gasteiger partial charge in [0.2, 0.25) is 5.91 Å². The summed E-state index contributed by atoms with van der Waals surface area (Å²) in [6.45, 7) is 8.05. The molecule has 0 spiro atoms. The van der Waals surface area contributed by atoms with Gasteiger partial charge in [0.05, 0.1) is 18.2 Å². The Morgan fingerprint density at radius 2 is 1.76 bits per heavy atom. The van der Waals surface area contributed by atoms with Gasteiger partial charge >= 0.3 is 5.63 Å². The average molecular weight is 389 g/mol. The molecule has 0 radical (unpaired) electrons. The largest absolute Gasteiger partial charge is 0.464 e. The van der Waals surface area contributed by atoms with Crippen molar-refractivity contribution in [2.75, 3.05) is 5.32 Å². The summed E-state index contributed by atoms with van der Waals surface area (Å²) in [5.74, 6) is 0.174. The number of furan rings is 1. The van der Waals surface area contributed by atoms with Crippen LogP contribution in [0, 0.1) is 13.8 Å². The van der Waals surface area contributed by atoms with Crippen LogP contribution in [0.25, 0.3) is 21.9 Å². The third-order valence-corrected chi connectivity index (χ3v) is 5.37. The monoisotopic (exact) mass is 389 g/mol. The number of aryl methyl sites for hydroxylation is 2. The Morgan fingerprint density at radius 3 is 2.45 bits per heavy atom. The normalized spacial score (nSPS) is 11.5. The molecule has 5 heteroatoms. The molecule has 2 aromatic heterocycles. The molecule has 0 saturated carbocycles. The maximum atomic E-state index is 12.6. The first-order chi connectivity index (χ1) is 13.8. The SMILES string of the molecule is Cc1coc2cc3oc(=O)c(CC(=O)Nc4ccc(C(C)C)cc4)c(C)c3cc12. The fourth-order valence-corrected chi connectivity index (χ4v) is 3.56. The average Bonchev–Trinajstić information content (AvgIpc) is 3.04. The van der Waals surface area contributed by atoms with Gasteiger partial charge in [-0.1, -0.05) is 26.0 Å². The number of carbonyl (C=O) groups excluding carboxylic acids is 1. The number of carbonyl (C=O) groups is 1. The van der Waals surface area contributed by atoms with Crippen molar-refractivity contribution in [3.05, 3.63) is 75.3 Å². The van der Waals surface area contributed by atoms with E-state index in [-0.39, 0.29) is 12.3 Å². The fraction of sp³-hybridized carbons (Fsp3) is 0.250. The molecule has 0 atom stereocenters. The lowest BCUT2D eigenvalue weighted by atomic mass is 10.0. The minimum atomic E-state index is -0.497. The number of nitrogens with one attached hydrogen (secondary N) is 1. The smallest absolute Gasteiger partial charge is 0.340 e. The van der Waals surface area contributed by atoms with Crippen LogP contribution in [0.2, 0.25) is 0 Å². The van der Waals surface area contributed by atoms with E-state index in [0.717, 1.165) is 21.9 Å². The first-order valence-corrected chi connectivity index (χ1v) is 9.67. The van der Waals surface area contributed by atoms with E-state index in [1.807, 2.05) is 44.2 Å². The second-order valence-electron chi connectivity index (χ2n) is 7.76. The van der Waals surface area contributed by atoms with Gasteiger partial charge in [-0.25, -0.2) is 4.79 Å². The summed E-state index contributed by atoms with van der Waals surface area (Å²) >= 11 is 0. The van der Waals surface area contributed by atoms with Crippen molar-refractivity contribution in [1.29, 1.82) is 0 Å². The molecule has 0 unspecified atom stereocenters. The van der Waals surface area contributed by atoms with Crippen LogP contribution in [0.1, 0.15) is 42.0 Å². The van der Waals surface area contributed by atoms with Gasteiger partial charge in [0.1, 0.15) is 11.2 Å². The van der Waals surface area contributed by atoms with E-state index in [1.165, 1.54) is 5.56 Å². The minimum Gasteiger partial charge on any atom is -0.464 e. The van der Waals surface area contributed by atoms with Crippen molar-refractivity contribution < 1.29 is 13.6 Å². The molecular formula is C24H23NO4. The van der Waals surface area contributed by atoms with Crippen molar-refractivity contribution in [3.8, 4) is 0 Å². The molecule has 0 aliphatic rings. The number of rotatable bonds is 4. The molecular weight excluding hydrogens is 366 g/mol. The first kappa shape index (κ1) is 19.0. The van der Waals surface area contributed by atoms with Crippen LogP contribution >= 0.6 is 0 Å². The molecule has 0 aliphatic heterocycles. The van der Waals surface area contributed by atoms with Crippen molar-refractivity contribution in [2.45, 2.75) is 40.0 Å². The zero-order valence-corrected chi connectivity index (χ0v) is 17.0. The van der Waals surface area contributed by atoms with Crippen LogP contribution in [0.15, 0.2) is 56.3 Å². The number of fused-ring (bicyclic) bond motifs is 2. The Bertz CT molecular complexity index is 1280. The summed E-state index contributed by atoms with van der Waals surface area (Å²) in [7, 11) is 0. The zero-order chi connectivity index (χ0) is 20.7. The molecule has 0 saturated heterocycles. The molecule has 148 valence electrons. The Hall–Kier alpha value is -3.34. The highest BCUT2D eigenvalue weighted by molar-refractivity contribution is 5.97. The summed E-state index contributed by atoms with van der Waals surface area (Å²) in [5, 5.41) is 4.64. The Morgan fingerprint density at radius 1 is 1.03 bits per heavy atom. The van der Waals surface area contributed by atoms with Crippen LogP contribution in [-0.4, -0.2) is 5.91 Å². The lowest BCUT2D eigenvalue weighted by Crippen LogP contribution is -2.20. The van der Waals surface area contributed by atoms with Crippen LogP contribution in [0.4, 0.5) is 5.69 Å². The third kappa shape index (κ3) is 3.56. The quantitative estimate of drug-likeness (QED) is 0.470. The van der Waals surface area contributed by atoms with Crippen LogP contribution < -0.4 is 10.9 Å². The minimum absolute atomic E-state index is 0.0432. The second-order valence-corrected chi connectivity index (χ2v) is 7.76. The molecule has 0 aliphatic carbocycles. The van der Waals surface area contributed by atoms with Gasteiger partial charge in [-0.15, -0.1) is 0 Å². The third-order valence-electron chi connectivity index (χ3n) is 5.37. The van der Waals surface area contributed by atoms with Crippen molar-refractivity contribution >= 4 is 33.5 Å². The summed E-state index contributed by atoms with van der Waals surface area (Å²) in [4.78, 5) is 25.1. The van der Waals surface area contributed by atoms with Gasteiger partial charge in [0.15, 0.2) is 0 Å². The Kier molecular flexibility index (Phi) is 4.74. The molecule has 2 heterocycles. The second kappa shape index (κ2) is 7.24. The highest BCUT2D eigenvalue weighted by Gasteiger charge is 2.17. The summed E-state index contributed by atoms with van der Waals surface area (Å²) in [5.41, 5.74) is 4.68. The van der Waals surface area contributed by atoms with Gasteiger partial charge in [-0.05, 0) is 54.7 Å². The highest BCUT2D eigenvalue weighted by Crippen LogP contribution is 2.29. The van der Waals surface area contributed by atoms with Gasteiger partial charge in [0.25, 0.3) is 0 Å². The molecule has 1 N–H and O–H groups in total. The van der Waals surface area contributed by atoms with Crippen molar-refractivity contribution in [3.63, 3.8) is 0 Å². The lowest BCUT2D eigenvalue weighted by molar-refractivity contribution is -0.115. The molecule has 5 nitrogen and oxygen atoms in total. The van der Waals surface area contributed by atoms with Crippen molar-refractivity contribution in [1.82, 2.24) is 0 Å². The van der Waals surface area contributed by atoms with E-state index in [1.54, 1.807) is 12.3 Å². The van der Waals surface area contributed by atoms with Gasteiger partial charge < -0.3 is 14.2 Å². The molecule has 29 heavy (non-hydrogen) atoms. The van der Waals surface area contributed by atoms with E-state index in [0.29, 0.717) is 28.3 Å². The van der Waals surface area contributed by atoms with Crippen molar-refractivity contribution in [2.24, 2.45) is 0 Å². The number of amides is 1. The van der Waals surface area contributed by atoms with E-state index < -0.39 is 5.63 Å². The van der Waals surface area contributed by atoms with E-state index in [2.05, 4.69) is 19.2 Å². The standard InChI is InChI=1S/C24H23NO4/c1-13(2)16-5-7-17(8-6-16)25-23(26)10-20-15(4)19-9-18-14(3)12-28-21(18)11-22(19)29-24(20)27/h5-9,11-13H,10H2,1-4H3,(H,25,26). The zero-order valence-electron chi connectivity index (χ0n) is 17.0. The maximum Gasteiger partial charge on any atom is 0.340 e. The first-order valence-electron chi connectivity index (χ1n) is 9.67. The number of hydrogen-bond acceptors (Lipinski definition) is 4. The predicted molar refractivity (Wildman–Crippen MR) is 115 cm³/mol. The van der Waals surface area contributed by atoms with Crippen LogP contribution in [-0.2, 0) is 11.2 Å². The fourth-order valence-electron chi connectivity index (χ4n) is 3.56. The molecule has 2 aromatic carbocycles. The molecule has 0 bridgehead atoms. The van der Waals surface area contributed by atoms with Gasteiger partial charge in [-0.2, -0.15) is 0 Å².